The van der Waals surface area contributed by atoms with Gasteiger partial charge in [-0.1, -0.05) is 29.2 Å². The van der Waals surface area contributed by atoms with E-state index >= 15 is 0 Å². The molecule has 150 valence electrons. The number of benzene rings is 1. The molecule has 1 saturated heterocycles. The van der Waals surface area contributed by atoms with E-state index in [2.05, 4.69) is 22.1 Å². The van der Waals surface area contributed by atoms with Gasteiger partial charge in [0.25, 0.3) is 5.91 Å². The molecule has 1 fully saturated rings. The van der Waals surface area contributed by atoms with E-state index in [1.165, 1.54) is 29.2 Å². The first-order chi connectivity index (χ1) is 13.4. The molecule has 1 aromatic heterocycles. The number of carbonyl (C=O) groups excluding carboxylic acids is 1. The van der Waals surface area contributed by atoms with Crippen LogP contribution in [0.3, 0.4) is 0 Å². The Labute approximate surface area is 169 Å². The Morgan fingerprint density at radius 3 is 2.86 bits per heavy atom. The first-order valence-electron chi connectivity index (χ1n) is 8.18. The molecule has 0 unspecified atom stereocenters. The molecule has 0 bridgehead atoms. The number of hydrogen-bond donors (Lipinski definition) is 1. The highest BCUT2D eigenvalue weighted by Crippen LogP contribution is 2.26. The normalized spacial score (nSPS) is 15.3. The van der Waals surface area contributed by atoms with Gasteiger partial charge in [-0.25, -0.2) is 12.8 Å². The van der Waals surface area contributed by atoms with Crippen molar-refractivity contribution in [1.82, 2.24) is 14.5 Å². The van der Waals surface area contributed by atoms with Crippen LogP contribution in [0.25, 0.3) is 0 Å². The molecule has 2 aromatic rings. The minimum atomic E-state index is -4.07. The molecule has 8 nitrogen and oxygen atoms in total. The fourth-order valence-electron chi connectivity index (χ4n) is 2.39. The average Bonchev–Trinajstić information content (AvgIpc) is 3.14. The maximum absolute atomic E-state index is 14.2. The molecule has 1 amide bonds. The van der Waals surface area contributed by atoms with E-state index in [-0.39, 0.29) is 37.0 Å². The summed E-state index contributed by atoms with van der Waals surface area (Å²) in [6.45, 7) is 4.36. The number of rotatable bonds is 7. The number of aromatic nitrogens is 2. The number of morpholine rings is 1. The molecule has 12 heteroatoms. The van der Waals surface area contributed by atoms with Gasteiger partial charge in [0.05, 0.1) is 13.2 Å². The van der Waals surface area contributed by atoms with Crippen LogP contribution in [0.1, 0.15) is 10.4 Å². The Morgan fingerprint density at radius 1 is 1.39 bits per heavy atom. The second-order valence-electron chi connectivity index (χ2n) is 5.59. The lowest BCUT2D eigenvalue weighted by molar-refractivity contribution is 0.0729. The number of halogens is 1. The third-order valence-corrected chi connectivity index (χ3v) is 7.61. The Bertz CT molecular complexity index is 974. The van der Waals surface area contributed by atoms with Crippen molar-refractivity contribution in [3.05, 3.63) is 42.2 Å². The standard InChI is InChI=1S/C16H17FN4O4S3/c1-2-9-26-16-20-19-15(27-16)18-14(22)11-3-4-12(17)13(10-11)28(23,24)21-5-7-25-8-6-21/h2-4,10H,1,5-9H2,(H,18,19,22). The number of nitrogens with one attached hydrogen (secondary N) is 1. The molecule has 28 heavy (non-hydrogen) atoms. The van der Waals surface area contributed by atoms with Crippen molar-refractivity contribution >= 4 is 44.2 Å². The highest BCUT2D eigenvalue weighted by molar-refractivity contribution is 8.01. The first kappa shape index (κ1) is 20.9. The molecule has 3 rings (SSSR count). The monoisotopic (exact) mass is 444 g/mol. The highest BCUT2D eigenvalue weighted by atomic mass is 32.2. The van der Waals surface area contributed by atoms with Gasteiger partial charge in [0.2, 0.25) is 15.2 Å². The molecule has 0 radical (unpaired) electrons. The highest BCUT2D eigenvalue weighted by Gasteiger charge is 2.29. The van der Waals surface area contributed by atoms with Gasteiger partial charge in [-0.3, -0.25) is 10.1 Å². The molecule has 2 heterocycles. The third-order valence-electron chi connectivity index (χ3n) is 3.73. The number of ether oxygens (including phenoxy) is 1. The summed E-state index contributed by atoms with van der Waals surface area (Å²) in [5.41, 5.74) is 0.00345. The maximum atomic E-state index is 14.2. The Morgan fingerprint density at radius 2 is 2.14 bits per heavy atom. The predicted octanol–water partition coefficient (Wildman–Crippen LogP) is 2.23. The summed E-state index contributed by atoms with van der Waals surface area (Å²) in [5, 5.41) is 10.6. The van der Waals surface area contributed by atoms with Crippen LogP contribution in [-0.2, 0) is 14.8 Å². The van der Waals surface area contributed by atoms with E-state index in [0.717, 1.165) is 16.4 Å². The molecule has 1 aliphatic rings. The van der Waals surface area contributed by atoms with Crippen molar-refractivity contribution in [1.29, 1.82) is 0 Å². The average molecular weight is 445 g/mol. The number of sulfonamides is 1. The first-order valence-corrected chi connectivity index (χ1v) is 11.4. The number of amides is 1. The second-order valence-corrected chi connectivity index (χ2v) is 9.74. The SMILES string of the molecule is C=CCSc1nnc(NC(=O)c2ccc(F)c(S(=O)(=O)N3CCOCC3)c2)s1. The Kier molecular flexibility index (Phi) is 6.78. The van der Waals surface area contributed by atoms with Crippen LogP contribution in [-0.4, -0.2) is 60.9 Å². The van der Waals surface area contributed by atoms with Crippen LogP contribution in [0, 0.1) is 5.82 Å². The van der Waals surface area contributed by atoms with Gasteiger partial charge in [0.1, 0.15) is 10.7 Å². The van der Waals surface area contributed by atoms with Crippen molar-refractivity contribution in [3.63, 3.8) is 0 Å². The maximum Gasteiger partial charge on any atom is 0.257 e. The van der Waals surface area contributed by atoms with Gasteiger partial charge >= 0.3 is 0 Å². The lowest BCUT2D eigenvalue weighted by Gasteiger charge is -2.26. The van der Waals surface area contributed by atoms with Crippen LogP contribution in [0.15, 0.2) is 40.1 Å². The van der Waals surface area contributed by atoms with Crippen LogP contribution in [0.5, 0.6) is 0 Å². The van der Waals surface area contributed by atoms with Crippen molar-refractivity contribution in [2.75, 3.05) is 37.4 Å². The fourth-order valence-corrected chi connectivity index (χ4v) is 5.39. The summed E-state index contributed by atoms with van der Waals surface area (Å²) in [5.74, 6) is -0.861. The van der Waals surface area contributed by atoms with Gasteiger partial charge in [0.15, 0.2) is 4.34 Å². The minimum absolute atomic E-state index is 0.00345. The summed E-state index contributed by atoms with van der Waals surface area (Å²) in [4.78, 5) is 11.9. The summed E-state index contributed by atoms with van der Waals surface area (Å²) in [6.07, 6.45) is 1.72. The molecule has 0 atom stereocenters. The second kappa shape index (κ2) is 9.09. The topological polar surface area (TPSA) is 101 Å². The largest absolute Gasteiger partial charge is 0.379 e. The van der Waals surface area contributed by atoms with Gasteiger partial charge in [-0.15, -0.1) is 16.8 Å². The molecule has 1 aromatic carbocycles. The number of hydrogen-bond acceptors (Lipinski definition) is 8. The zero-order valence-corrected chi connectivity index (χ0v) is 17.1. The predicted molar refractivity (Wildman–Crippen MR) is 105 cm³/mol. The molecule has 1 N–H and O–H groups in total. The number of carbonyl (C=O) groups is 1. The van der Waals surface area contributed by atoms with E-state index in [1.54, 1.807) is 6.08 Å². The Hall–Kier alpha value is -1.86. The summed E-state index contributed by atoms with van der Waals surface area (Å²) < 4.78 is 46.6. The van der Waals surface area contributed by atoms with Crippen molar-refractivity contribution in [3.8, 4) is 0 Å². The number of anilines is 1. The zero-order chi connectivity index (χ0) is 20.1. The lowest BCUT2D eigenvalue weighted by atomic mass is 10.2. The van der Waals surface area contributed by atoms with E-state index in [0.29, 0.717) is 10.1 Å². The van der Waals surface area contributed by atoms with Crippen LogP contribution in [0.4, 0.5) is 9.52 Å². The quantitative estimate of drug-likeness (QED) is 0.397. The van der Waals surface area contributed by atoms with Gasteiger partial charge < -0.3 is 4.74 Å². The number of nitrogens with zero attached hydrogens (tertiary/aromatic N) is 3. The van der Waals surface area contributed by atoms with Crippen molar-refractivity contribution < 1.29 is 22.3 Å². The van der Waals surface area contributed by atoms with Crippen molar-refractivity contribution in [2.45, 2.75) is 9.24 Å². The number of thioether (sulfide) groups is 1. The van der Waals surface area contributed by atoms with Crippen LogP contribution < -0.4 is 5.32 Å². The minimum Gasteiger partial charge on any atom is -0.379 e. The molecule has 0 saturated carbocycles. The fraction of sp³-hybridized carbons (Fsp3) is 0.312. The Balaban J connectivity index is 1.79. The molecule has 0 spiro atoms. The van der Waals surface area contributed by atoms with Crippen LogP contribution >= 0.6 is 23.1 Å². The summed E-state index contributed by atoms with van der Waals surface area (Å²) in [6, 6.07) is 3.22. The third kappa shape index (κ3) is 4.75. The van der Waals surface area contributed by atoms with Crippen molar-refractivity contribution in [2.24, 2.45) is 0 Å². The van der Waals surface area contributed by atoms with Gasteiger partial charge in [-0.05, 0) is 18.2 Å². The van der Waals surface area contributed by atoms with E-state index < -0.39 is 26.6 Å². The van der Waals surface area contributed by atoms with Crippen LogP contribution in [0.2, 0.25) is 0 Å². The lowest BCUT2D eigenvalue weighted by Crippen LogP contribution is -2.41. The van der Waals surface area contributed by atoms with E-state index in [4.69, 9.17) is 4.74 Å². The summed E-state index contributed by atoms with van der Waals surface area (Å²) >= 11 is 2.60. The van der Waals surface area contributed by atoms with E-state index in [1.807, 2.05) is 0 Å². The van der Waals surface area contributed by atoms with Gasteiger partial charge in [-0.2, -0.15) is 4.31 Å². The van der Waals surface area contributed by atoms with Gasteiger partial charge in [0, 0.05) is 24.4 Å². The molecular weight excluding hydrogens is 427 g/mol. The zero-order valence-electron chi connectivity index (χ0n) is 14.6. The molecular formula is C16H17FN4O4S3. The van der Waals surface area contributed by atoms with E-state index in [9.17, 15) is 17.6 Å². The smallest absolute Gasteiger partial charge is 0.257 e. The molecule has 0 aliphatic carbocycles. The molecule has 1 aliphatic heterocycles. The summed E-state index contributed by atoms with van der Waals surface area (Å²) in [7, 11) is -4.07.